The van der Waals surface area contributed by atoms with E-state index in [0.717, 1.165) is 143 Å². The van der Waals surface area contributed by atoms with Crippen molar-refractivity contribution < 1.29 is 8.78 Å². The first kappa shape index (κ1) is 44.0. The van der Waals surface area contributed by atoms with Crippen molar-refractivity contribution in [1.29, 1.82) is 0 Å². The number of hydrogen-bond acceptors (Lipinski definition) is 0. The molecule has 0 aliphatic rings. The molecule has 4 aromatic heterocycles. The van der Waals surface area contributed by atoms with Crippen molar-refractivity contribution in [2.75, 3.05) is 0 Å². The lowest BCUT2D eigenvalue weighted by Crippen LogP contribution is -2.13. The summed E-state index contributed by atoms with van der Waals surface area (Å²) in [5.41, 5.74) is 18.1. The Bertz CT molecular complexity index is 4560. The van der Waals surface area contributed by atoms with E-state index in [0.29, 0.717) is 12.8 Å². The number of benzene rings is 11. The van der Waals surface area contributed by atoms with Crippen LogP contribution in [0.25, 0.3) is 132 Å². The first-order valence-electron chi connectivity index (χ1n) is 26.3. The summed E-state index contributed by atoms with van der Waals surface area (Å²) in [6, 6.07) is 79.4. The Morgan fingerprint density at radius 1 is 0.303 bits per heavy atom. The molecule has 0 saturated heterocycles. The predicted molar refractivity (Wildman–Crippen MR) is 313 cm³/mol. The average molecular weight is 983 g/mol. The first-order valence-corrected chi connectivity index (χ1v) is 26.3. The predicted octanol–water partition coefficient (Wildman–Crippen LogP) is 18.8. The molecule has 0 aliphatic carbocycles. The van der Waals surface area contributed by atoms with Gasteiger partial charge in [-0.3, -0.25) is 0 Å². The number of rotatable bonds is 8. The molecule has 4 heterocycles. The number of halogens is 2. The fourth-order valence-electron chi connectivity index (χ4n) is 13.1. The van der Waals surface area contributed by atoms with Gasteiger partial charge in [0.2, 0.25) is 0 Å². The van der Waals surface area contributed by atoms with Gasteiger partial charge in [-0.2, -0.15) is 0 Å². The minimum absolute atomic E-state index is 0.324. The summed E-state index contributed by atoms with van der Waals surface area (Å²) in [6.45, 7) is 4.43. The summed E-state index contributed by atoms with van der Waals surface area (Å²) >= 11 is 0. The van der Waals surface area contributed by atoms with Gasteiger partial charge in [-0.05, 0) is 114 Å². The van der Waals surface area contributed by atoms with Crippen molar-refractivity contribution in [3.05, 3.63) is 253 Å². The Labute approximate surface area is 437 Å². The molecule has 0 bridgehead atoms. The SMILES string of the molecule is CCc1c(-c2cccc(F)c2)c(-n2c3ccccc3c3ccc4c(c5ccccc5n4-c4ccccc4)c32)c(CC)c(-n2c3ccccc3c3ccc4c(c5ccccc5n4-c4ccccc4)c32)c1-c1cccc(F)c1. The minimum Gasteiger partial charge on any atom is -0.309 e. The van der Waals surface area contributed by atoms with Gasteiger partial charge < -0.3 is 18.3 Å². The number of fused-ring (bicyclic) bond motifs is 14. The normalized spacial score (nSPS) is 12.1. The molecule has 0 saturated carbocycles. The number of hydrogen-bond donors (Lipinski definition) is 0. The molecule has 4 nitrogen and oxygen atoms in total. The lowest BCUT2D eigenvalue weighted by molar-refractivity contribution is 0.628. The van der Waals surface area contributed by atoms with Gasteiger partial charge in [0.1, 0.15) is 11.6 Å². The van der Waals surface area contributed by atoms with Crippen LogP contribution in [0.4, 0.5) is 8.78 Å². The second kappa shape index (κ2) is 17.0. The van der Waals surface area contributed by atoms with Gasteiger partial charge in [0, 0.05) is 71.2 Å². The van der Waals surface area contributed by atoms with Crippen LogP contribution in [-0.4, -0.2) is 18.3 Å². The monoisotopic (exact) mass is 982 g/mol. The zero-order valence-electron chi connectivity index (χ0n) is 41.9. The Hall–Kier alpha value is -9.52. The molecule has 0 unspecified atom stereocenters. The third-order valence-electron chi connectivity index (χ3n) is 16.0. The number of para-hydroxylation sites is 6. The van der Waals surface area contributed by atoms with E-state index in [1.165, 1.54) is 12.1 Å². The van der Waals surface area contributed by atoms with Gasteiger partial charge in [0.25, 0.3) is 0 Å². The summed E-state index contributed by atoms with van der Waals surface area (Å²) in [7, 11) is 0. The zero-order valence-corrected chi connectivity index (χ0v) is 41.9. The second-order valence-corrected chi connectivity index (χ2v) is 19.9. The van der Waals surface area contributed by atoms with Crippen molar-refractivity contribution in [3.8, 4) is 45.0 Å². The smallest absolute Gasteiger partial charge is 0.123 e. The molecule has 0 amide bonds. The van der Waals surface area contributed by atoms with Crippen LogP contribution in [0.15, 0.2) is 231 Å². The van der Waals surface area contributed by atoms with Crippen molar-refractivity contribution in [3.63, 3.8) is 0 Å². The molecule has 6 heteroatoms. The van der Waals surface area contributed by atoms with E-state index in [1.807, 2.05) is 24.3 Å². The van der Waals surface area contributed by atoms with E-state index in [4.69, 9.17) is 0 Å². The molecule has 0 fully saturated rings. The van der Waals surface area contributed by atoms with Crippen molar-refractivity contribution >= 4 is 87.2 Å². The molecule has 15 aromatic rings. The van der Waals surface area contributed by atoms with Crippen LogP contribution in [0.5, 0.6) is 0 Å². The molecule has 0 aliphatic heterocycles. The molecule has 362 valence electrons. The Morgan fingerprint density at radius 2 is 0.671 bits per heavy atom. The first-order chi connectivity index (χ1) is 37.5. The van der Waals surface area contributed by atoms with Gasteiger partial charge in [-0.15, -0.1) is 0 Å². The van der Waals surface area contributed by atoms with Crippen molar-refractivity contribution in [2.24, 2.45) is 0 Å². The highest BCUT2D eigenvalue weighted by Crippen LogP contribution is 2.52. The maximum Gasteiger partial charge on any atom is 0.123 e. The molecule has 0 N–H and O–H groups in total. The van der Waals surface area contributed by atoms with E-state index in [1.54, 1.807) is 12.1 Å². The van der Waals surface area contributed by atoms with Crippen LogP contribution in [0.1, 0.15) is 25.0 Å². The third-order valence-corrected chi connectivity index (χ3v) is 16.0. The third kappa shape index (κ3) is 6.21. The summed E-state index contributed by atoms with van der Waals surface area (Å²) < 4.78 is 42.3. The standard InChI is InChI=1S/C70H48F2N4/c1-3-49-63(43-21-19-23-45(71)41-43)67(75-57-33-15-11-29-51(57)53-37-39-61-65(69(53)75)55-31-13-17-35-59(55)73(61)47-25-7-5-8-26-47)50(4-2)68(64(49)44-22-20-24-46(72)42-44)76-58-34-16-12-30-52(58)54-38-40-62-66(70(54)76)56-32-14-18-36-60(56)74(62)48-27-9-6-10-28-48/h5-42H,3-4H2,1-2H3. The molecule has 76 heavy (non-hydrogen) atoms. The van der Waals surface area contributed by atoms with E-state index in [2.05, 4.69) is 214 Å². The van der Waals surface area contributed by atoms with Crippen LogP contribution in [-0.2, 0) is 12.8 Å². The van der Waals surface area contributed by atoms with Crippen LogP contribution < -0.4 is 0 Å². The van der Waals surface area contributed by atoms with E-state index >= 15 is 8.78 Å². The average Bonchev–Trinajstić information content (AvgIpc) is 4.29. The lowest BCUT2D eigenvalue weighted by atomic mass is 9.83. The Kier molecular flexibility index (Phi) is 9.85. The number of nitrogens with zero attached hydrogens (tertiary/aromatic N) is 4. The fraction of sp³-hybridized carbons (Fsp3) is 0.0571. The quantitative estimate of drug-likeness (QED) is 0.145. The van der Waals surface area contributed by atoms with Crippen LogP contribution in [0, 0.1) is 11.6 Å². The topological polar surface area (TPSA) is 19.7 Å². The maximum atomic E-state index is 16.3. The van der Waals surface area contributed by atoms with Crippen LogP contribution in [0.3, 0.4) is 0 Å². The van der Waals surface area contributed by atoms with E-state index in [9.17, 15) is 0 Å². The highest BCUT2D eigenvalue weighted by Gasteiger charge is 2.32. The summed E-state index contributed by atoms with van der Waals surface area (Å²) in [4.78, 5) is 0. The van der Waals surface area contributed by atoms with Gasteiger partial charge >= 0.3 is 0 Å². The van der Waals surface area contributed by atoms with E-state index in [-0.39, 0.29) is 11.6 Å². The number of aromatic nitrogens is 4. The van der Waals surface area contributed by atoms with E-state index < -0.39 is 0 Å². The molecule has 15 rings (SSSR count). The maximum absolute atomic E-state index is 16.3. The Morgan fingerprint density at radius 3 is 1.07 bits per heavy atom. The van der Waals surface area contributed by atoms with Crippen LogP contribution >= 0.6 is 0 Å². The fourth-order valence-corrected chi connectivity index (χ4v) is 13.1. The van der Waals surface area contributed by atoms with Crippen molar-refractivity contribution in [2.45, 2.75) is 26.7 Å². The summed E-state index contributed by atoms with van der Waals surface area (Å²) in [5, 5.41) is 8.98. The summed E-state index contributed by atoms with van der Waals surface area (Å²) in [5.74, 6) is -0.648. The molecular weight excluding hydrogens is 935 g/mol. The highest BCUT2D eigenvalue weighted by molar-refractivity contribution is 6.28. The molecule has 0 radical (unpaired) electrons. The molecule has 0 spiro atoms. The highest BCUT2D eigenvalue weighted by atomic mass is 19.1. The van der Waals surface area contributed by atoms with Gasteiger partial charge in [0.15, 0.2) is 0 Å². The van der Waals surface area contributed by atoms with Gasteiger partial charge in [-0.25, -0.2) is 8.78 Å². The second-order valence-electron chi connectivity index (χ2n) is 19.9. The molecule has 11 aromatic carbocycles. The van der Waals surface area contributed by atoms with Crippen LogP contribution in [0.2, 0.25) is 0 Å². The lowest BCUT2D eigenvalue weighted by Gasteiger charge is -2.29. The minimum atomic E-state index is -0.324. The van der Waals surface area contributed by atoms with Gasteiger partial charge in [0.05, 0.1) is 55.5 Å². The zero-order chi connectivity index (χ0) is 50.8. The van der Waals surface area contributed by atoms with Gasteiger partial charge in [-0.1, -0.05) is 159 Å². The van der Waals surface area contributed by atoms with Crippen molar-refractivity contribution in [1.82, 2.24) is 18.3 Å². The largest absolute Gasteiger partial charge is 0.309 e. The Balaban J connectivity index is 1.22. The molecular formula is C70H48F2N4. The molecule has 0 atom stereocenters. The summed E-state index contributed by atoms with van der Waals surface area (Å²) in [6.07, 6.45) is 1.13.